The van der Waals surface area contributed by atoms with Crippen LogP contribution in [0, 0.1) is 6.92 Å². The Bertz CT molecular complexity index is 917. The number of nitrogens with two attached hydrogens (primary N) is 1. The Kier molecular flexibility index (Phi) is 5.12. The highest BCUT2D eigenvalue weighted by Gasteiger charge is 2.21. The third kappa shape index (κ3) is 4.12. The highest BCUT2D eigenvalue weighted by Crippen LogP contribution is 2.26. The van der Waals surface area contributed by atoms with Crippen molar-refractivity contribution >= 4 is 21.7 Å². The molecule has 0 amide bonds. The summed E-state index contributed by atoms with van der Waals surface area (Å²) in [5.74, 6) is 2.04. The van der Waals surface area contributed by atoms with Crippen LogP contribution in [0.3, 0.4) is 0 Å². The van der Waals surface area contributed by atoms with Crippen molar-refractivity contribution in [2.45, 2.75) is 37.8 Å². The Morgan fingerprint density at radius 1 is 1.31 bits per heavy atom. The van der Waals surface area contributed by atoms with Crippen LogP contribution >= 0.6 is 0 Å². The van der Waals surface area contributed by atoms with Crippen molar-refractivity contribution in [3.8, 4) is 0 Å². The summed E-state index contributed by atoms with van der Waals surface area (Å²) in [5.41, 5.74) is 2.05. The highest BCUT2D eigenvalue weighted by molar-refractivity contribution is 7.89. The summed E-state index contributed by atoms with van der Waals surface area (Å²) in [6, 6.07) is 6.74. The Balaban J connectivity index is 1.88. The van der Waals surface area contributed by atoms with Gasteiger partial charge in [-0.2, -0.15) is 0 Å². The monoisotopic (exact) mass is 377 g/mol. The molecule has 2 heterocycles. The standard InChI is InChI=1S/C17H23N5O3S/c1-11(10-23)19-16-8-17(21-12(2)20-16)22-6-5-13-3-4-15(26(18,24)25)7-14(13)9-22/h3-4,7-8,11,23H,5-6,9-10H2,1-2H3,(H2,18,24,25)(H,19,20,21)/t11-/m1/s1. The SMILES string of the molecule is Cc1nc(N[C@H](C)CO)cc(N2CCc3ccc(S(N)(=O)=O)cc3C2)n1. The number of aryl methyl sites for hydroxylation is 1. The molecule has 3 rings (SSSR count). The van der Waals surface area contributed by atoms with E-state index in [1.807, 2.05) is 26.0 Å². The summed E-state index contributed by atoms with van der Waals surface area (Å²) < 4.78 is 23.2. The van der Waals surface area contributed by atoms with E-state index < -0.39 is 10.0 Å². The molecule has 0 unspecified atom stereocenters. The Morgan fingerprint density at radius 3 is 2.77 bits per heavy atom. The van der Waals surface area contributed by atoms with E-state index in [1.54, 1.807) is 12.1 Å². The number of aliphatic hydroxyl groups excluding tert-OH is 1. The molecule has 1 atom stereocenters. The molecule has 1 aromatic carbocycles. The van der Waals surface area contributed by atoms with E-state index in [1.165, 1.54) is 0 Å². The molecule has 0 radical (unpaired) electrons. The van der Waals surface area contributed by atoms with E-state index in [2.05, 4.69) is 20.2 Å². The molecular formula is C17H23N5O3S. The van der Waals surface area contributed by atoms with Gasteiger partial charge in [0.15, 0.2) is 0 Å². The lowest BCUT2D eigenvalue weighted by molar-refractivity contribution is 0.281. The number of aliphatic hydroxyl groups is 1. The first-order valence-corrected chi connectivity index (χ1v) is 9.93. The van der Waals surface area contributed by atoms with Gasteiger partial charge in [0.25, 0.3) is 0 Å². The number of nitrogens with zero attached hydrogens (tertiary/aromatic N) is 3. The maximum Gasteiger partial charge on any atom is 0.238 e. The highest BCUT2D eigenvalue weighted by atomic mass is 32.2. The van der Waals surface area contributed by atoms with Crippen molar-refractivity contribution < 1.29 is 13.5 Å². The van der Waals surface area contributed by atoms with Crippen LogP contribution in [-0.2, 0) is 23.0 Å². The van der Waals surface area contributed by atoms with Gasteiger partial charge in [-0.3, -0.25) is 0 Å². The number of primary sulfonamides is 1. The minimum Gasteiger partial charge on any atom is -0.394 e. The minimum atomic E-state index is -3.73. The van der Waals surface area contributed by atoms with Gasteiger partial charge in [0.05, 0.1) is 11.5 Å². The second kappa shape index (κ2) is 7.18. The molecule has 140 valence electrons. The average molecular weight is 377 g/mol. The maximum absolute atomic E-state index is 11.6. The molecular weight excluding hydrogens is 354 g/mol. The zero-order valence-electron chi connectivity index (χ0n) is 14.8. The number of nitrogens with one attached hydrogen (secondary N) is 1. The number of aromatic nitrogens is 2. The van der Waals surface area contributed by atoms with Crippen LogP contribution in [-0.4, -0.2) is 42.7 Å². The molecule has 0 bridgehead atoms. The van der Waals surface area contributed by atoms with Crippen LogP contribution in [0.4, 0.5) is 11.6 Å². The van der Waals surface area contributed by atoms with Gasteiger partial charge in [0, 0.05) is 25.2 Å². The molecule has 0 aliphatic carbocycles. The van der Waals surface area contributed by atoms with Crippen LogP contribution in [0.15, 0.2) is 29.2 Å². The van der Waals surface area contributed by atoms with Crippen LogP contribution in [0.2, 0.25) is 0 Å². The Morgan fingerprint density at radius 2 is 2.08 bits per heavy atom. The molecule has 4 N–H and O–H groups in total. The van der Waals surface area contributed by atoms with E-state index in [4.69, 9.17) is 5.14 Å². The predicted molar refractivity (Wildman–Crippen MR) is 99.5 cm³/mol. The molecule has 9 heteroatoms. The van der Waals surface area contributed by atoms with Crippen LogP contribution < -0.4 is 15.4 Å². The summed E-state index contributed by atoms with van der Waals surface area (Å²) in [5, 5.41) is 17.6. The van der Waals surface area contributed by atoms with Crippen molar-refractivity contribution in [2.75, 3.05) is 23.4 Å². The molecule has 1 aliphatic heterocycles. The fourth-order valence-corrected chi connectivity index (χ4v) is 3.56. The number of fused-ring (bicyclic) bond motifs is 1. The summed E-state index contributed by atoms with van der Waals surface area (Å²) in [6.45, 7) is 5.00. The van der Waals surface area contributed by atoms with E-state index >= 15 is 0 Å². The van der Waals surface area contributed by atoms with E-state index in [9.17, 15) is 13.5 Å². The summed E-state index contributed by atoms with van der Waals surface area (Å²) in [6.07, 6.45) is 0.791. The van der Waals surface area contributed by atoms with Gasteiger partial charge >= 0.3 is 0 Å². The molecule has 0 fully saturated rings. The van der Waals surface area contributed by atoms with Gasteiger partial charge in [-0.25, -0.2) is 23.5 Å². The van der Waals surface area contributed by atoms with Gasteiger partial charge in [0.2, 0.25) is 10.0 Å². The zero-order valence-corrected chi connectivity index (χ0v) is 15.6. The Hall–Kier alpha value is -2.23. The first kappa shape index (κ1) is 18.6. The second-order valence-corrected chi connectivity index (χ2v) is 8.10. The Labute approximate surface area is 153 Å². The zero-order chi connectivity index (χ0) is 18.9. The van der Waals surface area contributed by atoms with Crippen LogP contribution in [0.1, 0.15) is 23.9 Å². The van der Waals surface area contributed by atoms with Crippen molar-refractivity contribution in [1.29, 1.82) is 0 Å². The smallest absolute Gasteiger partial charge is 0.238 e. The molecule has 1 aliphatic rings. The molecule has 8 nitrogen and oxygen atoms in total. The summed E-state index contributed by atoms with van der Waals surface area (Å²) >= 11 is 0. The normalized spacial score (nSPS) is 15.5. The molecule has 1 aromatic heterocycles. The fraction of sp³-hybridized carbons (Fsp3) is 0.412. The molecule has 2 aromatic rings. The van der Waals surface area contributed by atoms with Crippen molar-refractivity contribution in [1.82, 2.24) is 9.97 Å². The van der Waals surface area contributed by atoms with E-state index in [-0.39, 0.29) is 17.5 Å². The quantitative estimate of drug-likeness (QED) is 0.704. The van der Waals surface area contributed by atoms with Crippen molar-refractivity contribution in [2.24, 2.45) is 5.14 Å². The largest absolute Gasteiger partial charge is 0.394 e. The maximum atomic E-state index is 11.6. The number of sulfonamides is 1. The number of anilines is 2. The van der Waals surface area contributed by atoms with Gasteiger partial charge in [-0.15, -0.1) is 0 Å². The summed E-state index contributed by atoms with van der Waals surface area (Å²) in [4.78, 5) is 11.1. The van der Waals surface area contributed by atoms with Gasteiger partial charge in [0.1, 0.15) is 17.5 Å². The van der Waals surface area contributed by atoms with Gasteiger partial charge < -0.3 is 15.3 Å². The van der Waals surface area contributed by atoms with E-state index in [0.29, 0.717) is 18.2 Å². The number of hydrogen-bond acceptors (Lipinski definition) is 7. The molecule has 0 saturated carbocycles. The van der Waals surface area contributed by atoms with Crippen LogP contribution in [0.5, 0.6) is 0 Å². The lowest BCUT2D eigenvalue weighted by atomic mass is 10.00. The lowest BCUT2D eigenvalue weighted by Crippen LogP contribution is -2.32. The lowest BCUT2D eigenvalue weighted by Gasteiger charge is -2.30. The third-order valence-electron chi connectivity index (χ3n) is 4.34. The van der Waals surface area contributed by atoms with Gasteiger partial charge in [-0.1, -0.05) is 6.07 Å². The number of rotatable bonds is 5. The topological polar surface area (TPSA) is 121 Å². The third-order valence-corrected chi connectivity index (χ3v) is 5.25. The predicted octanol–water partition coefficient (Wildman–Crippen LogP) is 0.788. The summed E-state index contributed by atoms with van der Waals surface area (Å²) in [7, 11) is -3.73. The average Bonchev–Trinajstić information content (AvgIpc) is 2.59. The van der Waals surface area contributed by atoms with E-state index in [0.717, 1.165) is 29.9 Å². The van der Waals surface area contributed by atoms with Gasteiger partial charge in [-0.05, 0) is 43.5 Å². The number of benzene rings is 1. The molecule has 0 saturated heterocycles. The van der Waals surface area contributed by atoms with Crippen molar-refractivity contribution in [3.63, 3.8) is 0 Å². The van der Waals surface area contributed by atoms with Crippen molar-refractivity contribution in [3.05, 3.63) is 41.2 Å². The number of hydrogen-bond donors (Lipinski definition) is 3. The molecule has 0 spiro atoms. The fourth-order valence-electron chi connectivity index (χ4n) is 2.99. The minimum absolute atomic E-state index is 0.00577. The first-order valence-electron chi connectivity index (χ1n) is 8.39. The first-order chi connectivity index (χ1) is 12.3. The van der Waals surface area contributed by atoms with Crippen LogP contribution in [0.25, 0.3) is 0 Å². The molecule has 26 heavy (non-hydrogen) atoms. The second-order valence-electron chi connectivity index (χ2n) is 6.53.